The maximum Gasteiger partial charge on any atom is 0.335 e. The molecule has 2 aromatic rings. The normalized spacial score (nSPS) is 12.4. The Morgan fingerprint density at radius 1 is 1.20 bits per heavy atom. The number of sulfonamides is 1. The van der Waals surface area contributed by atoms with Crippen molar-refractivity contribution >= 4 is 27.4 Å². The largest absolute Gasteiger partial charge is 0.478 e. The minimum absolute atomic E-state index is 0.113. The van der Waals surface area contributed by atoms with E-state index in [0.29, 0.717) is 18.0 Å². The van der Waals surface area contributed by atoms with Gasteiger partial charge in [-0.05, 0) is 37.3 Å². The molecule has 8 heteroatoms. The fourth-order valence-corrected chi connectivity index (χ4v) is 3.53. The van der Waals surface area contributed by atoms with E-state index in [4.69, 9.17) is 9.84 Å². The minimum atomic E-state index is -3.98. The predicted molar refractivity (Wildman–Crippen MR) is 95.6 cm³/mol. The number of benzene rings is 2. The molecule has 0 heterocycles. The van der Waals surface area contributed by atoms with Gasteiger partial charge in [-0.15, -0.1) is 0 Å². The van der Waals surface area contributed by atoms with E-state index in [2.05, 4.69) is 10.0 Å². The third kappa shape index (κ3) is 4.94. The first-order valence-electron chi connectivity index (χ1n) is 7.54. The molecule has 0 amide bonds. The van der Waals surface area contributed by atoms with Crippen LogP contribution >= 0.6 is 0 Å². The van der Waals surface area contributed by atoms with Crippen LogP contribution in [0.15, 0.2) is 53.4 Å². The van der Waals surface area contributed by atoms with Crippen LogP contribution in [0.5, 0.6) is 0 Å². The molecule has 0 aromatic heterocycles. The van der Waals surface area contributed by atoms with E-state index in [9.17, 15) is 13.2 Å². The molecule has 0 spiro atoms. The van der Waals surface area contributed by atoms with Crippen LogP contribution in [-0.4, -0.2) is 39.3 Å². The summed E-state index contributed by atoms with van der Waals surface area (Å²) in [5.41, 5.74) is 0.579. The number of carboxylic acids is 1. The lowest BCUT2D eigenvalue weighted by molar-refractivity contribution is 0.0696. The van der Waals surface area contributed by atoms with E-state index in [1.807, 2.05) is 6.92 Å². The van der Waals surface area contributed by atoms with Crippen LogP contribution < -0.4 is 10.0 Å². The fraction of sp³-hybridized carbons (Fsp3) is 0.235. The number of carbonyl (C=O) groups is 1. The lowest BCUT2D eigenvalue weighted by Gasteiger charge is -2.18. The second kappa shape index (κ2) is 8.00. The summed E-state index contributed by atoms with van der Waals surface area (Å²) in [5, 5.41) is 12.2. The average molecular weight is 364 g/mol. The second-order valence-electron chi connectivity index (χ2n) is 5.49. The van der Waals surface area contributed by atoms with Crippen molar-refractivity contribution in [3.63, 3.8) is 0 Å². The number of anilines is 2. The van der Waals surface area contributed by atoms with Crippen molar-refractivity contribution in [3.8, 4) is 0 Å². The van der Waals surface area contributed by atoms with Crippen molar-refractivity contribution in [2.75, 3.05) is 23.8 Å². The number of aromatic carboxylic acids is 1. The highest BCUT2D eigenvalue weighted by molar-refractivity contribution is 7.92. The number of hydrogen-bond donors (Lipinski definition) is 3. The van der Waals surface area contributed by atoms with Gasteiger partial charge in [0.2, 0.25) is 0 Å². The van der Waals surface area contributed by atoms with Crippen LogP contribution in [0.4, 0.5) is 11.4 Å². The molecule has 2 rings (SSSR count). The van der Waals surface area contributed by atoms with Gasteiger partial charge >= 0.3 is 5.97 Å². The van der Waals surface area contributed by atoms with Crippen molar-refractivity contribution < 1.29 is 23.1 Å². The molecule has 0 unspecified atom stereocenters. The number of ether oxygens (including phenoxy) is 1. The molecule has 7 nitrogen and oxygen atoms in total. The molecule has 0 saturated heterocycles. The van der Waals surface area contributed by atoms with Crippen LogP contribution in [0, 0.1) is 0 Å². The van der Waals surface area contributed by atoms with E-state index in [0.717, 1.165) is 6.07 Å². The van der Waals surface area contributed by atoms with E-state index < -0.39 is 16.0 Å². The molecule has 0 radical (unpaired) electrons. The molecule has 2 aromatic carbocycles. The number of nitrogens with one attached hydrogen (secondary N) is 2. The Hall–Kier alpha value is -2.58. The summed E-state index contributed by atoms with van der Waals surface area (Å²) >= 11 is 0. The zero-order valence-electron chi connectivity index (χ0n) is 13.9. The third-order valence-corrected chi connectivity index (χ3v) is 4.78. The number of methoxy groups -OCH3 is 1. The van der Waals surface area contributed by atoms with Gasteiger partial charge in [0.15, 0.2) is 0 Å². The Morgan fingerprint density at radius 3 is 2.48 bits per heavy atom. The Balaban J connectivity index is 2.44. The summed E-state index contributed by atoms with van der Waals surface area (Å²) < 4.78 is 33.0. The number of rotatable bonds is 8. The van der Waals surface area contributed by atoms with Gasteiger partial charge in [-0.25, -0.2) is 13.2 Å². The molecule has 0 saturated carbocycles. The highest BCUT2D eigenvalue weighted by Crippen LogP contribution is 2.26. The van der Waals surface area contributed by atoms with Gasteiger partial charge in [-0.3, -0.25) is 4.72 Å². The summed E-state index contributed by atoms with van der Waals surface area (Å²) in [4.78, 5) is 11.1. The topological polar surface area (TPSA) is 105 Å². The predicted octanol–water partition coefficient (Wildman–Crippen LogP) is 2.63. The first kappa shape index (κ1) is 18.8. The SMILES string of the molecule is COC[C@@H](C)Nc1ccc(C(=O)O)cc1S(=O)(=O)Nc1ccccc1. The van der Waals surface area contributed by atoms with Crippen molar-refractivity contribution in [2.24, 2.45) is 0 Å². The van der Waals surface area contributed by atoms with Crippen molar-refractivity contribution in [3.05, 3.63) is 54.1 Å². The van der Waals surface area contributed by atoms with Gasteiger partial charge in [0.25, 0.3) is 10.0 Å². The standard InChI is InChI=1S/C17H20N2O5S/c1-12(11-24-2)18-15-9-8-13(17(20)21)10-16(15)25(22,23)19-14-6-4-3-5-7-14/h3-10,12,18-19H,11H2,1-2H3,(H,20,21)/t12-/m1/s1. The zero-order chi connectivity index (χ0) is 18.4. The van der Waals surface area contributed by atoms with Crippen LogP contribution in [0.3, 0.4) is 0 Å². The molecule has 25 heavy (non-hydrogen) atoms. The summed E-state index contributed by atoms with van der Waals surface area (Å²) in [6.07, 6.45) is 0. The highest BCUT2D eigenvalue weighted by Gasteiger charge is 2.22. The number of para-hydroxylation sites is 1. The maximum atomic E-state index is 12.8. The molecule has 1 atom stereocenters. The molecule has 3 N–H and O–H groups in total. The Labute approximate surface area is 146 Å². The lowest BCUT2D eigenvalue weighted by Crippen LogP contribution is -2.23. The first-order chi connectivity index (χ1) is 11.8. The lowest BCUT2D eigenvalue weighted by atomic mass is 10.2. The Kier molecular flexibility index (Phi) is 6.00. The van der Waals surface area contributed by atoms with Crippen LogP contribution in [0.25, 0.3) is 0 Å². The van der Waals surface area contributed by atoms with Gasteiger partial charge in [0.1, 0.15) is 4.90 Å². The highest BCUT2D eigenvalue weighted by atomic mass is 32.2. The van der Waals surface area contributed by atoms with E-state index in [1.165, 1.54) is 12.1 Å². The quantitative estimate of drug-likeness (QED) is 0.665. The second-order valence-corrected chi connectivity index (χ2v) is 7.14. The third-order valence-electron chi connectivity index (χ3n) is 3.36. The summed E-state index contributed by atoms with van der Waals surface area (Å²) in [6.45, 7) is 2.20. The van der Waals surface area contributed by atoms with Crippen LogP contribution in [-0.2, 0) is 14.8 Å². The van der Waals surface area contributed by atoms with Gasteiger partial charge in [0.05, 0.1) is 17.9 Å². The fourth-order valence-electron chi connectivity index (χ4n) is 2.27. The molecule has 134 valence electrons. The average Bonchev–Trinajstić information content (AvgIpc) is 2.55. The molecule has 0 aliphatic heterocycles. The monoisotopic (exact) mass is 364 g/mol. The Morgan fingerprint density at radius 2 is 1.88 bits per heavy atom. The molecule has 0 aliphatic rings. The summed E-state index contributed by atoms with van der Waals surface area (Å²) in [5.74, 6) is -1.20. The number of carboxylic acid groups (broad SMARTS) is 1. The molecule has 0 aliphatic carbocycles. The molecular formula is C17H20N2O5S. The van der Waals surface area contributed by atoms with E-state index >= 15 is 0 Å². The Bertz CT molecular complexity index is 837. The van der Waals surface area contributed by atoms with Crippen molar-refractivity contribution in [1.82, 2.24) is 0 Å². The zero-order valence-corrected chi connectivity index (χ0v) is 14.7. The van der Waals surface area contributed by atoms with Gasteiger partial charge in [0, 0.05) is 18.8 Å². The van der Waals surface area contributed by atoms with E-state index in [1.54, 1.807) is 37.4 Å². The van der Waals surface area contributed by atoms with Crippen molar-refractivity contribution in [2.45, 2.75) is 17.9 Å². The summed E-state index contributed by atoms with van der Waals surface area (Å²) in [6, 6.07) is 12.2. The smallest absolute Gasteiger partial charge is 0.335 e. The van der Waals surface area contributed by atoms with Gasteiger partial charge in [-0.2, -0.15) is 0 Å². The molecule has 0 fully saturated rings. The van der Waals surface area contributed by atoms with Crippen LogP contribution in [0.2, 0.25) is 0 Å². The number of hydrogen-bond acceptors (Lipinski definition) is 5. The van der Waals surface area contributed by atoms with Crippen LogP contribution in [0.1, 0.15) is 17.3 Å². The first-order valence-corrected chi connectivity index (χ1v) is 9.02. The summed E-state index contributed by atoms with van der Waals surface area (Å²) in [7, 11) is -2.44. The molecule has 0 bridgehead atoms. The minimum Gasteiger partial charge on any atom is -0.478 e. The van der Waals surface area contributed by atoms with E-state index in [-0.39, 0.29) is 16.5 Å². The van der Waals surface area contributed by atoms with Gasteiger partial charge in [-0.1, -0.05) is 18.2 Å². The van der Waals surface area contributed by atoms with Crippen molar-refractivity contribution in [1.29, 1.82) is 0 Å². The maximum absolute atomic E-state index is 12.8. The molecular weight excluding hydrogens is 344 g/mol. The van der Waals surface area contributed by atoms with Gasteiger partial charge < -0.3 is 15.2 Å².